The maximum absolute atomic E-state index is 11.2. The highest BCUT2D eigenvalue weighted by Crippen LogP contribution is 2.36. The zero-order chi connectivity index (χ0) is 13.5. The van der Waals surface area contributed by atoms with Gasteiger partial charge in [-0.25, -0.2) is 4.98 Å². The van der Waals surface area contributed by atoms with Gasteiger partial charge in [-0.3, -0.25) is 4.79 Å². The molecule has 0 aliphatic heterocycles. The van der Waals surface area contributed by atoms with Crippen molar-refractivity contribution in [2.75, 3.05) is 0 Å². The molecule has 1 aliphatic carbocycles. The van der Waals surface area contributed by atoms with E-state index in [4.69, 9.17) is 0 Å². The van der Waals surface area contributed by atoms with Crippen molar-refractivity contribution in [2.45, 2.75) is 25.4 Å². The van der Waals surface area contributed by atoms with Crippen LogP contribution in [-0.2, 0) is 6.54 Å². The molecule has 1 aromatic carbocycles. The Morgan fingerprint density at radius 3 is 2.95 bits per heavy atom. The van der Waals surface area contributed by atoms with E-state index in [2.05, 4.69) is 20.2 Å². The summed E-state index contributed by atoms with van der Waals surface area (Å²) in [5, 5.41) is 1.01. The molecule has 2 aromatic heterocycles. The largest absolute Gasteiger partial charge is 0.341 e. The molecule has 3 aromatic rings. The lowest BCUT2D eigenvalue weighted by Gasteiger charge is -2.08. The average molecular weight is 265 g/mol. The van der Waals surface area contributed by atoms with E-state index in [9.17, 15) is 4.79 Å². The van der Waals surface area contributed by atoms with Crippen LogP contribution < -0.4 is 0 Å². The van der Waals surface area contributed by atoms with Crippen LogP contribution in [0.5, 0.6) is 0 Å². The van der Waals surface area contributed by atoms with E-state index in [1.165, 1.54) is 18.5 Å². The van der Waals surface area contributed by atoms with Gasteiger partial charge in [0.05, 0.1) is 18.6 Å². The van der Waals surface area contributed by atoms with Gasteiger partial charge in [0.25, 0.3) is 0 Å². The highest BCUT2D eigenvalue weighted by atomic mass is 16.1. The molecular weight excluding hydrogens is 250 g/mol. The Kier molecular flexibility index (Phi) is 2.49. The fourth-order valence-corrected chi connectivity index (χ4v) is 2.81. The summed E-state index contributed by atoms with van der Waals surface area (Å²) in [6, 6.07) is 8.65. The van der Waals surface area contributed by atoms with Gasteiger partial charge in [-0.1, -0.05) is 18.2 Å². The van der Waals surface area contributed by atoms with Crippen LogP contribution in [0.25, 0.3) is 10.9 Å². The number of fused-ring (bicyclic) bond motifs is 1. The van der Waals surface area contributed by atoms with E-state index < -0.39 is 0 Å². The first-order valence-corrected chi connectivity index (χ1v) is 6.90. The molecular formula is C16H15N3O. The van der Waals surface area contributed by atoms with Gasteiger partial charge in [-0.2, -0.15) is 0 Å². The summed E-state index contributed by atoms with van der Waals surface area (Å²) in [7, 11) is 0. The molecule has 4 rings (SSSR count). The molecule has 0 bridgehead atoms. The van der Waals surface area contributed by atoms with Gasteiger partial charge in [-0.15, -0.1) is 0 Å². The summed E-state index contributed by atoms with van der Waals surface area (Å²) in [6.45, 7) is 0.755. The normalized spacial score (nSPS) is 14.8. The van der Waals surface area contributed by atoms with E-state index in [1.807, 2.05) is 36.9 Å². The number of hydrogen-bond acceptors (Lipinski definition) is 2. The molecule has 0 unspecified atom stereocenters. The van der Waals surface area contributed by atoms with Gasteiger partial charge in [0.1, 0.15) is 0 Å². The number of carbonyl (C=O) groups is 1. The molecule has 0 atom stereocenters. The minimum absolute atomic E-state index is 0.625. The first-order valence-electron chi connectivity index (χ1n) is 6.90. The molecule has 0 amide bonds. The zero-order valence-electron chi connectivity index (χ0n) is 11.1. The second-order valence-corrected chi connectivity index (χ2v) is 5.37. The van der Waals surface area contributed by atoms with Crippen LogP contribution in [0, 0.1) is 0 Å². The minimum atomic E-state index is 0.625. The van der Waals surface area contributed by atoms with Crippen molar-refractivity contribution < 1.29 is 4.79 Å². The summed E-state index contributed by atoms with van der Waals surface area (Å²) < 4.78 is 4.39. The van der Waals surface area contributed by atoms with Crippen LogP contribution in [0.1, 0.15) is 34.9 Å². The summed E-state index contributed by atoms with van der Waals surface area (Å²) in [5.74, 6) is 0. The smallest absolute Gasteiger partial charge is 0.152 e. The van der Waals surface area contributed by atoms with Crippen molar-refractivity contribution in [1.82, 2.24) is 14.1 Å². The van der Waals surface area contributed by atoms with Crippen molar-refractivity contribution in [2.24, 2.45) is 0 Å². The number of aldehydes is 1. The Balaban J connectivity index is 1.78. The molecule has 20 heavy (non-hydrogen) atoms. The Morgan fingerprint density at radius 1 is 1.30 bits per heavy atom. The third kappa shape index (κ3) is 1.76. The molecule has 1 saturated carbocycles. The predicted octanol–water partition coefficient (Wildman–Crippen LogP) is 3.03. The van der Waals surface area contributed by atoms with Crippen LogP contribution in [-0.4, -0.2) is 20.4 Å². The number of rotatable bonds is 4. The summed E-state index contributed by atoms with van der Waals surface area (Å²) in [6.07, 6.45) is 9.19. The predicted molar refractivity (Wildman–Crippen MR) is 76.9 cm³/mol. The van der Waals surface area contributed by atoms with Gasteiger partial charge >= 0.3 is 0 Å². The second-order valence-electron chi connectivity index (χ2n) is 5.37. The van der Waals surface area contributed by atoms with Gasteiger partial charge in [0.15, 0.2) is 6.29 Å². The van der Waals surface area contributed by atoms with Crippen molar-refractivity contribution in [3.8, 4) is 0 Å². The Bertz CT molecular complexity index is 780. The van der Waals surface area contributed by atoms with E-state index in [0.717, 1.165) is 29.3 Å². The van der Waals surface area contributed by atoms with Crippen LogP contribution in [0.4, 0.5) is 0 Å². The molecule has 0 radical (unpaired) electrons. The molecule has 0 N–H and O–H groups in total. The molecule has 1 aliphatic rings. The number of imidazole rings is 1. The minimum Gasteiger partial charge on any atom is -0.341 e. The number of hydrogen-bond donors (Lipinski definition) is 0. The maximum atomic E-state index is 11.2. The molecule has 1 fully saturated rings. The van der Waals surface area contributed by atoms with E-state index in [1.54, 1.807) is 0 Å². The Hall–Kier alpha value is -2.36. The Morgan fingerprint density at radius 2 is 2.15 bits per heavy atom. The summed E-state index contributed by atoms with van der Waals surface area (Å²) in [5.41, 5.74) is 3.04. The van der Waals surface area contributed by atoms with E-state index in [-0.39, 0.29) is 0 Å². The quantitative estimate of drug-likeness (QED) is 0.680. The zero-order valence-corrected chi connectivity index (χ0v) is 11.1. The van der Waals surface area contributed by atoms with Crippen LogP contribution in [0.2, 0.25) is 0 Å². The molecule has 0 spiro atoms. The molecule has 0 saturated heterocycles. The fourth-order valence-electron chi connectivity index (χ4n) is 2.81. The number of para-hydroxylation sites is 1. The van der Waals surface area contributed by atoms with E-state index in [0.29, 0.717) is 6.04 Å². The van der Waals surface area contributed by atoms with Crippen molar-refractivity contribution in [1.29, 1.82) is 0 Å². The van der Waals surface area contributed by atoms with Gasteiger partial charge in [0, 0.05) is 34.9 Å². The molecule has 2 heterocycles. The number of benzene rings is 1. The van der Waals surface area contributed by atoms with Crippen molar-refractivity contribution in [3.63, 3.8) is 0 Å². The third-order valence-electron chi connectivity index (χ3n) is 3.97. The van der Waals surface area contributed by atoms with Crippen LogP contribution >= 0.6 is 0 Å². The van der Waals surface area contributed by atoms with Crippen LogP contribution in [0.15, 0.2) is 43.0 Å². The molecule has 100 valence electrons. The van der Waals surface area contributed by atoms with E-state index >= 15 is 0 Å². The highest BCUT2D eigenvalue weighted by Gasteiger charge is 2.25. The number of aromatic nitrogens is 3. The molecule has 4 heteroatoms. The lowest BCUT2D eigenvalue weighted by atomic mass is 10.2. The monoisotopic (exact) mass is 265 g/mol. The SMILES string of the molecule is O=Cc1cn(Cc2cncn2C2CC2)c2ccccc12. The lowest BCUT2D eigenvalue weighted by molar-refractivity contribution is 0.112. The highest BCUT2D eigenvalue weighted by molar-refractivity contribution is 5.97. The third-order valence-corrected chi connectivity index (χ3v) is 3.97. The molecule has 4 nitrogen and oxygen atoms in total. The standard InChI is InChI=1S/C16H15N3O/c20-10-12-8-18(16-4-2-1-3-15(12)16)9-14-7-17-11-19(14)13-5-6-13/h1-4,7-8,10-11,13H,5-6,9H2. The van der Waals surface area contributed by atoms with Crippen molar-refractivity contribution in [3.05, 3.63) is 54.2 Å². The summed E-state index contributed by atoms with van der Waals surface area (Å²) >= 11 is 0. The van der Waals surface area contributed by atoms with Crippen molar-refractivity contribution >= 4 is 17.2 Å². The second kappa shape index (κ2) is 4.34. The van der Waals surface area contributed by atoms with Gasteiger partial charge < -0.3 is 9.13 Å². The van der Waals surface area contributed by atoms with Crippen LogP contribution in [0.3, 0.4) is 0 Å². The fraction of sp³-hybridized carbons (Fsp3) is 0.250. The lowest BCUT2D eigenvalue weighted by Crippen LogP contribution is -2.05. The van der Waals surface area contributed by atoms with Gasteiger partial charge in [-0.05, 0) is 18.9 Å². The first-order chi connectivity index (χ1) is 9.86. The average Bonchev–Trinajstić information content (AvgIpc) is 3.12. The van der Waals surface area contributed by atoms with Gasteiger partial charge in [0.2, 0.25) is 0 Å². The number of nitrogens with zero attached hydrogens (tertiary/aromatic N) is 3. The first kappa shape index (κ1) is 11.5. The topological polar surface area (TPSA) is 39.8 Å². The Labute approximate surface area is 116 Å². The maximum Gasteiger partial charge on any atom is 0.152 e. The summed E-state index contributed by atoms with van der Waals surface area (Å²) in [4.78, 5) is 15.5. The number of carbonyl (C=O) groups excluding carboxylic acids is 1.